The number of carbonyl (C=O) groups is 3. The molecule has 0 radical (unpaired) electrons. The number of hydrogen-bond acceptors (Lipinski definition) is 3. The highest BCUT2D eigenvalue weighted by atomic mass is 16.2. The van der Waals surface area contributed by atoms with Gasteiger partial charge in [-0.25, -0.2) is 0 Å². The van der Waals surface area contributed by atoms with Crippen LogP contribution >= 0.6 is 0 Å². The van der Waals surface area contributed by atoms with Crippen molar-refractivity contribution in [2.24, 2.45) is 5.92 Å². The maximum atomic E-state index is 12.1. The van der Waals surface area contributed by atoms with E-state index in [1.54, 1.807) is 24.3 Å². The first kappa shape index (κ1) is 13.7. The minimum atomic E-state index is -0.715. The average Bonchev–Trinajstić information content (AvgIpc) is 2.43. The molecule has 1 saturated carbocycles. The highest BCUT2D eigenvalue weighted by molar-refractivity contribution is 6.08. The summed E-state index contributed by atoms with van der Waals surface area (Å²) in [6.45, 7) is 0. The molecule has 1 aromatic carbocycles. The van der Waals surface area contributed by atoms with Crippen molar-refractivity contribution in [1.29, 1.82) is 0 Å². The van der Waals surface area contributed by atoms with E-state index in [0.717, 1.165) is 19.3 Å². The van der Waals surface area contributed by atoms with Gasteiger partial charge in [0, 0.05) is 24.8 Å². The Morgan fingerprint density at radius 3 is 2.11 bits per heavy atom. The van der Waals surface area contributed by atoms with Crippen molar-refractivity contribution >= 4 is 17.3 Å². The molecule has 19 heavy (non-hydrogen) atoms. The van der Waals surface area contributed by atoms with Gasteiger partial charge >= 0.3 is 0 Å². The van der Waals surface area contributed by atoms with Crippen LogP contribution in [0.2, 0.25) is 0 Å². The summed E-state index contributed by atoms with van der Waals surface area (Å²) in [6, 6.07) is 8.85. The minimum absolute atomic E-state index is 0.0294. The van der Waals surface area contributed by atoms with Gasteiger partial charge in [0.25, 0.3) is 0 Å². The first-order chi connectivity index (χ1) is 9.18. The van der Waals surface area contributed by atoms with Gasteiger partial charge in [-0.15, -0.1) is 0 Å². The van der Waals surface area contributed by atoms with E-state index in [0.29, 0.717) is 18.4 Å². The summed E-state index contributed by atoms with van der Waals surface area (Å²) in [5.74, 6) is -0.955. The fourth-order valence-corrected chi connectivity index (χ4v) is 2.46. The lowest BCUT2D eigenvalue weighted by atomic mass is 9.84. The second kappa shape index (κ2) is 6.41. The van der Waals surface area contributed by atoms with E-state index in [9.17, 15) is 14.4 Å². The predicted octanol–water partition coefficient (Wildman–Crippen LogP) is 2.98. The van der Waals surface area contributed by atoms with Crippen molar-refractivity contribution in [3.8, 4) is 0 Å². The van der Waals surface area contributed by atoms with E-state index in [1.807, 2.05) is 6.07 Å². The Morgan fingerprint density at radius 2 is 1.53 bits per heavy atom. The van der Waals surface area contributed by atoms with Gasteiger partial charge in [0.15, 0.2) is 5.78 Å². The summed E-state index contributed by atoms with van der Waals surface area (Å²) in [6.07, 6.45) is 3.49. The van der Waals surface area contributed by atoms with Crippen LogP contribution in [0.4, 0.5) is 0 Å². The molecule has 2 rings (SSSR count). The lowest BCUT2D eigenvalue weighted by Gasteiger charge is -2.16. The van der Waals surface area contributed by atoms with Gasteiger partial charge < -0.3 is 0 Å². The molecule has 0 bridgehead atoms. The zero-order chi connectivity index (χ0) is 13.7. The largest absolute Gasteiger partial charge is 0.299 e. The molecular formula is C16H18O3. The van der Waals surface area contributed by atoms with Crippen LogP contribution in [-0.4, -0.2) is 17.3 Å². The predicted molar refractivity (Wildman–Crippen MR) is 72.0 cm³/mol. The Kier molecular flexibility index (Phi) is 4.61. The smallest absolute Gasteiger partial charge is 0.164 e. The van der Waals surface area contributed by atoms with Crippen molar-refractivity contribution in [1.82, 2.24) is 0 Å². The maximum absolute atomic E-state index is 12.1. The molecular weight excluding hydrogens is 240 g/mol. The third-order valence-corrected chi connectivity index (χ3v) is 3.61. The second-order valence-electron chi connectivity index (χ2n) is 5.04. The first-order valence-corrected chi connectivity index (χ1v) is 6.82. The fraction of sp³-hybridized carbons (Fsp3) is 0.438. The molecule has 0 spiro atoms. The molecule has 1 aliphatic rings. The van der Waals surface area contributed by atoms with E-state index >= 15 is 0 Å². The number of Topliss-reactive ketones (excluding diaryl/α,β-unsaturated/α-hetero) is 3. The van der Waals surface area contributed by atoms with Crippen molar-refractivity contribution < 1.29 is 14.4 Å². The first-order valence-electron chi connectivity index (χ1n) is 6.82. The summed E-state index contributed by atoms with van der Waals surface area (Å²) >= 11 is 0. The standard InChI is InChI=1S/C16H18O3/c17-14-9-5-2-6-10-15(18)13(14)11-16(19)12-7-3-1-4-8-12/h1,3-4,7-8,13H,2,5-6,9-11H2. The Labute approximate surface area is 113 Å². The van der Waals surface area contributed by atoms with Crippen LogP contribution in [0.15, 0.2) is 30.3 Å². The van der Waals surface area contributed by atoms with Crippen LogP contribution in [0.5, 0.6) is 0 Å². The van der Waals surface area contributed by atoms with Crippen molar-refractivity contribution in [3.63, 3.8) is 0 Å². The SMILES string of the molecule is O=C(CC1C(=O)CCCCCC1=O)c1ccccc1. The van der Waals surface area contributed by atoms with Crippen molar-refractivity contribution in [3.05, 3.63) is 35.9 Å². The highest BCUT2D eigenvalue weighted by Crippen LogP contribution is 2.21. The molecule has 1 aliphatic carbocycles. The Bertz CT molecular complexity index is 458. The van der Waals surface area contributed by atoms with Gasteiger partial charge in [-0.05, 0) is 12.8 Å². The van der Waals surface area contributed by atoms with Crippen LogP contribution in [0.1, 0.15) is 48.9 Å². The number of ketones is 3. The molecule has 0 aromatic heterocycles. The van der Waals surface area contributed by atoms with Gasteiger partial charge in [0.05, 0.1) is 5.92 Å². The molecule has 3 heteroatoms. The Hall–Kier alpha value is -1.77. The quantitative estimate of drug-likeness (QED) is 0.618. The van der Waals surface area contributed by atoms with E-state index in [4.69, 9.17) is 0 Å². The normalized spacial score (nSPS) is 17.9. The second-order valence-corrected chi connectivity index (χ2v) is 5.04. The van der Waals surface area contributed by atoms with Gasteiger partial charge in [0.1, 0.15) is 11.6 Å². The number of benzene rings is 1. The van der Waals surface area contributed by atoms with Crippen LogP contribution in [-0.2, 0) is 9.59 Å². The van der Waals surface area contributed by atoms with E-state index in [2.05, 4.69) is 0 Å². The minimum Gasteiger partial charge on any atom is -0.299 e. The van der Waals surface area contributed by atoms with Crippen molar-refractivity contribution in [2.75, 3.05) is 0 Å². The third kappa shape index (κ3) is 3.60. The van der Waals surface area contributed by atoms with Crippen molar-refractivity contribution in [2.45, 2.75) is 38.5 Å². The van der Waals surface area contributed by atoms with Crippen LogP contribution in [0.3, 0.4) is 0 Å². The number of rotatable bonds is 3. The number of hydrogen-bond donors (Lipinski definition) is 0. The highest BCUT2D eigenvalue weighted by Gasteiger charge is 2.29. The molecule has 1 aromatic rings. The summed E-state index contributed by atoms with van der Waals surface area (Å²) in [4.78, 5) is 36.0. The zero-order valence-corrected chi connectivity index (χ0v) is 10.9. The fourth-order valence-electron chi connectivity index (χ4n) is 2.46. The van der Waals surface area contributed by atoms with Crippen LogP contribution in [0.25, 0.3) is 0 Å². The Balaban J connectivity index is 2.08. The van der Waals surface area contributed by atoms with Gasteiger partial charge in [-0.1, -0.05) is 36.8 Å². The molecule has 1 fully saturated rings. The zero-order valence-electron chi connectivity index (χ0n) is 10.9. The molecule has 3 nitrogen and oxygen atoms in total. The van der Waals surface area contributed by atoms with Crippen LogP contribution in [0, 0.1) is 5.92 Å². The molecule has 0 unspecified atom stereocenters. The molecule has 0 amide bonds. The summed E-state index contributed by atoms with van der Waals surface area (Å²) in [5.41, 5.74) is 0.574. The van der Waals surface area contributed by atoms with Crippen LogP contribution < -0.4 is 0 Å². The van der Waals surface area contributed by atoms with E-state index < -0.39 is 5.92 Å². The average molecular weight is 258 g/mol. The topological polar surface area (TPSA) is 51.2 Å². The third-order valence-electron chi connectivity index (χ3n) is 3.61. The number of carbonyl (C=O) groups excluding carboxylic acids is 3. The summed E-state index contributed by atoms with van der Waals surface area (Å²) in [7, 11) is 0. The molecule has 100 valence electrons. The molecule has 0 aliphatic heterocycles. The lowest BCUT2D eigenvalue weighted by molar-refractivity contribution is -0.133. The van der Waals surface area contributed by atoms with E-state index in [1.165, 1.54) is 0 Å². The van der Waals surface area contributed by atoms with Gasteiger partial charge in [-0.2, -0.15) is 0 Å². The van der Waals surface area contributed by atoms with Gasteiger partial charge in [-0.3, -0.25) is 14.4 Å². The molecule has 0 saturated heterocycles. The molecule has 0 heterocycles. The summed E-state index contributed by atoms with van der Waals surface area (Å²) in [5, 5.41) is 0. The monoisotopic (exact) mass is 258 g/mol. The van der Waals surface area contributed by atoms with E-state index in [-0.39, 0.29) is 23.8 Å². The van der Waals surface area contributed by atoms with Gasteiger partial charge in [0.2, 0.25) is 0 Å². The molecule has 0 N–H and O–H groups in total. The Morgan fingerprint density at radius 1 is 0.947 bits per heavy atom. The molecule has 0 atom stereocenters. The lowest BCUT2D eigenvalue weighted by Crippen LogP contribution is -2.28. The summed E-state index contributed by atoms with van der Waals surface area (Å²) < 4.78 is 0. The maximum Gasteiger partial charge on any atom is 0.164 e.